The Bertz CT molecular complexity index is 943. The quantitative estimate of drug-likeness (QED) is 0.667. The highest BCUT2D eigenvalue weighted by Crippen LogP contribution is 2.36. The van der Waals surface area contributed by atoms with Crippen molar-refractivity contribution in [2.24, 2.45) is 0 Å². The molecule has 4 rings (SSSR count). The number of nitrogens with two attached hydrogens (primary N) is 1. The Balaban J connectivity index is 1.93. The van der Waals surface area contributed by atoms with E-state index in [-0.39, 0.29) is 17.3 Å². The summed E-state index contributed by atoms with van der Waals surface area (Å²) < 4.78 is 30.1. The third kappa shape index (κ3) is 2.71. The first-order valence-corrected chi connectivity index (χ1v) is 8.52. The van der Waals surface area contributed by atoms with Crippen molar-refractivity contribution >= 4 is 11.3 Å². The first kappa shape index (κ1) is 16.9. The maximum Gasteiger partial charge on any atom is 0.151 e. The van der Waals surface area contributed by atoms with Crippen LogP contribution in [0.1, 0.15) is 30.0 Å². The van der Waals surface area contributed by atoms with Crippen LogP contribution in [0.3, 0.4) is 0 Å². The molecular weight excluding hydrogens is 340 g/mol. The molecule has 1 aromatic carbocycles. The summed E-state index contributed by atoms with van der Waals surface area (Å²) in [5, 5.41) is 16.8. The SMILES string of the molecule is Nc1ncnn2c([C@@H]3CCCNC3)cc(-c3cc(F)c(CO)c(F)c3)c12. The van der Waals surface area contributed by atoms with Gasteiger partial charge < -0.3 is 16.2 Å². The first-order valence-electron chi connectivity index (χ1n) is 8.52. The molecule has 0 amide bonds. The minimum absolute atomic E-state index is 0.228. The van der Waals surface area contributed by atoms with Gasteiger partial charge in [0.25, 0.3) is 0 Å². The molecule has 26 heavy (non-hydrogen) atoms. The van der Waals surface area contributed by atoms with Crippen LogP contribution in [-0.4, -0.2) is 32.8 Å². The van der Waals surface area contributed by atoms with Crippen LogP contribution in [0.5, 0.6) is 0 Å². The maximum absolute atomic E-state index is 14.2. The number of aliphatic hydroxyl groups excluding tert-OH is 1. The normalized spacial score (nSPS) is 17.7. The summed E-state index contributed by atoms with van der Waals surface area (Å²) in [7, 11) is 0. The van der Waals surface area contributed by atoms with E-state index >= 15 is 0 Å². The molecule has 0 spiro atoms. The zero-order valence-corrected chi connectivity index (χ0v) is 14.0. The van der Waals surface area contributed by atoms with Crippen LogP contribution in [0.25, 0.3) is 16.6 Å². The standard InChI is InChI=1S/C18H19F2N5O/c19-14-4-11(5-15(20)13(14)8-26)12-6-16(10-2-1-3-22-7-10)25-17(12)18(21)23-9-24-25/h4-6,9-10,22,26H,1-3,7-8H2,(H2,21,23,24)/t10-/m1/s1. The van der Waals surface area contributed by atoms with Crippen molar-refractivity contribution in [1.82, 2.24) is 19.9 Å². The van der Waals surface area contributed by atoms with E-state index in [9.17, 15) is 8.78 Å². The van der Waals surface area contributed by atoms with Gasteiger partial charge in [0.05, 0.1) is 6.61 Å². The lowest BCUT2D eigenvalue weighted by atomic mass is 9.95. The number of hydrogen-bond donors (Lipinski definition) is 3. The van der Waals surface area contributed by atoms with Gasteiger partial charge in [-0.3, -0.25) is 0 Å². The van der Waals surface area contributed by atoms with Crippen molar-refractivity contribution < 1.29 is 13.9 Å². The Hall–Kier alpha value is -2.58. The summed E-state index contributed by atoms with van der Waals surface area (Å²) in [6, 6.07) is 4.30. The lowest BCUT2D eigenvalue weighted by molar-refractivity contribution is 0.269. The number of halogens is 2. The molecule has 136 valence electrons. The highest BCUT2D eigenvalue weighted by molar-refractivity contribution is 5.88. The van der Waals surface area contributed by atoms with E-state index in [1.54, 1.807) is 4.52 Å². The van der Waals surface area contributed by atoms with Gasteiger partial charge in [0.15, 0.2) is 5.82 Å². The summed E-state index contributed by atoms with van der Waals surface area (Å²) >= 11 is 0. The topological polar surface area (TPSA) is 88.5 Å². The largest absolute Gasteiger partial charge is 0.391 e. The fourth-order valence-corrected chi connectivity index (χ4v) is 3.62. The van der Waals surface area contributed by atoms with Crippen LogP contribution < -0.4 is 11.1 Å². The number of nitrogens with zero attached hydrogens (tertiary/aromatic N) is 3. The van der Waals surface area contributed by atoms with Crippen LogP contribution in [0.2, 0.25) is 0 Å². The molecule has 1 fully saturated rings. The van der Waals surface area contributed by atoms with E-state index in [4.69, 9.17) is 10.8 Å². The van der Waals surface area contributed by atoms with Crippen molar-refractivity contribution in [3.8, 4) is 11.1 Å². The number of rotatable bonds is 3. The number of benzene rings is 1. The van der Waals surface area contributed by atoms with Gasteiger partial charge in [0, 0.05) is 29.3 Å². The molecule has 4 N–H and O–H groups in total. The predicted octanol–water partition coefficient (Wildman–Crippen LogP) is 2.22. The van der Waals surface area contributed by atoms with E-state index in [2.05, 4.69) is 15.4 Å². The van der Waals surface area contributed by atoms with Crippen LogP contribution >= 0.6 is 0 Å². The highest BCUT2D eigenvalue weighted by Gasteiger charge is 2.24. The zero-order chi connectivity index (χ0) is 18.3. The second-order valence-electron chi connectivity index (χ2n) is 6.51. The summed E-state index contributed by atoms with van der Waals surface area (Å²) in [6.45, 7) is 1.09. The monoisotopic (exact) mass is 359 g/mol. The fourth-order valence-electron chi connectivity index (χ4n) is 3.62. The number of fused-ring (bicyclic) bond motifs is 1. The number of aromatic nitrogens is 3. The lowest BCUT2D eigenvalue weighted by Crippen LogP contribution is -2.29. The number of piperidine rings is 1. The van der Waals surface area contributed by atoms with Crippen molar-refractivity contribution in [3.05, 3.63) is 47.4 Å². The Labute approximate surface area is 148 Å². The molecule has 1 atom stereocenters. The smallest absolute Gasteiger partial charge is 0.151 e. The van der Waals surface area contributed by atoms with Gasteiger partial charge in [-0.05, 0) is 43.1 Å². The molecule has 0 radical (unpaired) electrons. The number of nitrogen functional groups attached to an aromatic ring is 1. The van der Waals surface area contributed by atoms with Crippen molar-refractivity contribution in [3.63, 3.8) is 0 Å². The van der Waals surface area contributed by atoms with Crippen LogP contribution in [0.15, 0.2) is 24.5 Å². The lowest BCUT2D eigenvalue weighted by Gasteiger charge is -2.22. The molecule has 2 aromatic heterocycles. The van der Waals surface area contributed by atoms with E-state index in [1.165, 1.54) is 18.5 Å². The molecule has 8 heteroatoms. The molecule has 1 saturated heterocycles. The van der Waals surface area contributed by atoms with Gasteiger partial charge in [0.2, 0.25) is 0 Å². The fraction of sp³-hybridized carbons (Fsp3) is 0.333. The zero-order valence-electron chi connectivity index (χ0n) is 14.0. The van der Waals surface area contributed by atoms with Gasteiger partial charge in [0.1, 0.15) is 23.5 Å². The minimum atomic E-state index is -0.793. The number of nitrogens with one attached hydrogen (secondary N) is 1. The molecule has 6 nitrogen and oxygen atoms in total. The summed E-state index contributed by atoms with van der Waals surface area (Å²) in [5.74, 6) is -1.11. The molecule has 0 unspecified atom stereocenters. The first-order chi connectivity index (χ1) is 12.6. The van der Waals surface area contributed by atoms with Crippen LogP contribution in [-0.2, 0) is 6.61 Å². The van der Waals surface area contributed by atoms with E-state index in [1.807, 2.05) is 6.07 Å². The Kier molecular flexibility index (Phi) is 4.29. The van der Waals surface area contributed by atoms with Gasteiger partial charge in [-0.25, -0.2) is 18.3 Å². The molecule has 1 aliphatic rings. The predicted molar refractivity (Wildman–Crippen MR) is 93.5 cm³/mol. The molecule has 3 aromatic rings. The Morgan fingerprint density at radius 3 is 2.69 bits per heavy atom. The van der Waals surface area contributed by atoms with Gasteiger partial charge in [-0.2, -0.15) is 5.10 Å². The van der Waals surface area contributed by atoms with Gasteiger partial charge in [-0.15, -0.1) is 0 Å². The molecule has 0 bridgehead atoms. The van der Waals surface area contributed by atoms with Gasteiger partial charge in [-0.1, -0.05) is 0 Å². The summed E-state index contributed by atoms with van der Waals surface area (Å²) in [4.78, 5) is 4.03. The molecule has 1 aliphatic heterocycles. The van der Waals surface area contributed by atoms with Crippen molar-refractivity contribution in [2.75, 3.05) is 18.8 Å². The number of anilines is 1. The number of hydrogen-bond acceptors (Lipinski definition) is 5. The van der Waals surface area contributed by atoms with Crippen LogP contribution in [0, 0.1) is 11.6 Å². The van der Waals surface area contributed by atoms with Crippen LogP contribution in [0.4, 0.5) is 14.6 Å². The van der Waals surface area contributed by atoms with Gasteiger partial charge >= 0.3 is 0 Å². The maximum atomic E-state index is 14.2. The summed E-state index contributed by atoms with van der Waals surface area (Å²) in [5.41, 5.74) is 8.08. The van der Waals surface area contributed by atoms with Crippen molar-refractivity contribution in [1.29, 1.82) is 0 Å². The molecule has 0 saturated carbocycles. The minimum Gasteiger partial charge on any atom is -0.391 e. The molecular formula is C18H19F2N5O. The average molecular weight is 359 g/mol. The number of aliphatic hydroxyl groups is 1. The molecule has 3 heterocycles. The second kappa shape index (κ2) is 6.62. The Morgan fingerprint density at radius 2 is 2.04 bits per heavy atom. The van der Waals surface area contributed by atoms with E-state index < -0.39 is 18.2 Å². The highest BCUT2D eigenvalue weighted by atomic mass is 19.1. The third-order valence-electron chi connectivity index (χ3n) is 4.94. The van der Waals surface area contributed by atoms with E-state index in [0.717, 1.165) is 31.6 Å². The van der Waals surface area contributed by atoms with Crippen molar-refractivity contribution in [2.45, 2.75) is 25.4 Å². The second-order valence-corrected chi connectivity index (χ2v) is 6.51. The summed E-state index contributed by atoms with van der Waals surface area (Å²) in [6.07, 6.45) is 3.42. The average Bonchev–Trinajstić information content (AvgIpc) is 3.03. The Morgan fingerprint density at radius 1 is 1.27 bits per heavy atom. The molecule has 0 aliphatic carbocycles. The van der Waals surface area contributed by atoms with E-state index in [0.29, 0.717) is 16.6 Å². The third-order valence-corrected chi connectivity index (χ3v) is 4.94.